The monoisotopic (exact) mass is 295 g/mol. The molecule has 2 heterocycles. The number of nitrogens with zero attached hydrogens (tertiary/aromatic N) is 3. The van der Waals surface area contributed by atoms with Crippen LogP contribution in [-0.4, -0.2) is 30.3 Å². The molecule has 1 fully saturated rings. The van der Waals surface area contributed by atoms with Gasteiger partial charge >= 0.3 is 0 Å². The van der Waals surface area contributed by atoms with Crippen molar-refractivity contribution < 1.29 is 4.74 Å². The molecule has 0 radical (unpaired) electrons. The Labute approximate surface area is 131 Å². The van der Waals surface area contributed by atoms with Crippen LogP contribution in [0.15, 0.2) is 30.5 Å². The van der Waals surface area contributed by atoms with Crippen molar-refractivity contribution in [3.05, 3.63) is 36.0 Å². The Hall–Kier alpha value is -2.12. The van der Waals surface area contributed by atoms with Crippen molar-refractivity contribution in [2.24, 2.45) is 0 Å². The number of morpholine rings is 1. The highest BCUT2D eigenvalue weighted by atomic mass is 16.5. The molecule has 0 aliphatic carbocycles. The fourth-order valence-electron chi connectivity index (χ4n) is 3.25. The van der Waals surface area contributed by atoms with Crippen molar-refractivity contribution in [1.29, 1.82) is 5.26 Å². The van der Waals surface area contributed by atoms with E-state index in [2.05, 4.69) is 29.8 Å². The first-order valence-electron chi connectivity index (χ1n) is 7.91. The molecule has 0 bridgehead atoms. The fraction of sp³-hybridized carbons (Fsp3) is 0.444. The number of pyridine rings is 1. The number of hydrogen-bond acceptors (Lipinski definition) is 4. The summed E-state index contributed by atoms with van der Waals surface area (Å²) in [6, 6.07) is 10.1. The number of ether oxygens (including phenoxy) is 1. The second-order valence-electron chi connectivity index (χ2n) is 5.91. The molecule has 114 valence electrons. The van der Waals surface area contributed by atoms with E-state index >= 15 is 0 Å². The van der Waals surface area contributed by atoms with Crippen molar-refractivity contribution in [2.45, 2.75) is 38.9 Å². The Morgan fingerprint density at radius 1 is 1.36 bits per heavy atom. The van der Waals surface area contributed by atoms with Crippen molar-refractivity contribution >= 4 is 16.6 Å². The summed E-state index contributed by atoms with van der Waals surface area (Å²) in [6.45, 7) is 6.08. The van der Waals surface area contributed by atoms with Crippen LogP contribution < -0.4 is 4.90 Å². The number of benzene rings is 1. The SMILES string of the molecule is CCC[C@H]1CN(c2ccc(C#N)c3ncccc23)C[C@H](C)O1. The van der Waals surface area contributed by atoms with Gasteiger partial charge in [-0.2, -0.15) is 5.26 Å². The van der Waals surface area contributed by atoms with Gasteiger partial charge in [0.15, 0.2) is 0 Å². The summed E-state index contributed by atoms with van der Waals surface area (Å²) >= 11 is 0. The van der Waals surface area contributed by atoms with Crippen molar-refractivity contribution in [2.75, 3.05) is 18.0 Å². The van der Waals surface area contributed by atoms with Gasteiger partial charge in [-0.1, -0.05) is 13.3 Å². The minimum Gasteiger partial charge on any atom is -0.372 e. The standard InChI is InChI=1S/C18H21N3O/c1-3-5-15-12-21(11-13(2)22-15)17-8-7-14(10-19)18-16(17)6-4-9-20-18/h4,6-9,13,15H,3,5,11-12H2,1-2H3/t13-,15-/m0/s1. The maximum atomic E-state index is 9.27. The second-order valence-corrected chi connectivity index (χ2v) is 5.91. The summed E-state index contributed by atoms with van der Waals surface area (Å²) in [5, 5.41) is 10.3. The largest absolute Gasteiger partial charge is 0.372 e. The average Bonchev–Trinajstić information content (AvgIpc) is 2.53. The van der Waals surface area contributed by atoms with Gasteiger partial charge in [0.25, 0.3) is 0 Å². The number of aromatic nitrogens is 1. The van der Waals surface area contributed by atoms with E-state index in [9.17, 15) is 5.26 Å². The maximum Gasteiger partial charge on any atom is 0.101 e. The molecule has 22 heavy (non-hydrogen) atoms. The summed E-state index contributed by atoms with van der Waals surface area (Å²) in [6.07, 6.45) is 4.44. The molecule has 1 aromatic heterocycles. The fourth-order valence-corrected chi connectivity index (χ4v) is 3.25. The molecule has 1 saturated heterocycles. The van der Waals surface area contributed by atoms with Gasteiger partial charge in [-0.05, 0) is 37.6 Å². The lowest BCUT2D eigenvalue weighted by molar-refractivity contribution is -0.0198. The second kappa shape index (κ2) is 6.33. The summed E-state index contributed by atoms with van der Waals surface area (Å²) in [5.74, 6) is 0. The lowest BCUT2D eigenvalue weighted by atomic mass is 10.1. The number of nitriles is 1. The van der Waals surface area contributed by atoms with Gasteiger partial charge in [-0.3, -0.25) is 4.98 Å². The van der Waals surface area contributed by atoms with Gasteiger partial charge in [0.1, 0.15) is 6.07 Å². The quantitative estimate of drug-likeness (QED) is 0.869. The molecule has 0 spiro atoms. The van der Waals surface area contributed by atoms with Gasteiger partial charge in [-0.25, -0.2) is 0 Å². The van der Waals surface area contributed by atoms with Crippen LogP contribution >= 0.6 is 0 Å². The molecular formula is C18H21N3O. The van der Waals surface area contributed by atoms with E-state index in [1.165, 1.54) is 0 Å². The zero-order chi connectivity index (χ0) is 15.5. The first kappa shape index (κ1) is 14.8. The molecule has 0 saturated carbocycles. The van der Waals surface area contributed by atoms with E-state index in [1.54, 1.807) is 6.20 Å². The predicted octanol–water partition coefficient (Wildman–Crippen LogP) is 3.50. The zero-order valence-corrected chi connectivity index (χ0v) is 13.1. The highest BCUT2D eigenvalue weighted by Crippen LogP contribution is 2.30. The molecule has 1 aliphatic rings. The average molecular weight is 295 g/mol. The molecule has 0 N–H and O–H groups in total. The minimum absolute atomic E-state index is 0.215. The van der Waals surface area contributed by atoms with Crippen LogP contribution in [-0.2, 0) is 4.74 Å². The maximum absolute atomic E-state index is 9.27. The molecule has 0 unspecified atom stereocenters. The van der Waals surface area contributed by atoms with E-state index in [-0.39, 0.29) is 12.2 Å². The van der Waals surface area contributed by atoms with E-state index < -0.39 is 0 Å². The lowest BCUT2D eigenvalue weighted by Gasteiger charge is -2.38. The lowest BCUT2D eigenvalue weighted by Crippen LogP contribution is -2.46. The van der Waals surface area contributed by atoms with Crippen molar-refractivity contribution in [1.82, 2.24) is 4.98 Å². The number of fused-ring (bicyclic) bond motifs is 1. The van der Waals surface area contributed by atoms with Gasteiger partial charge in [-0.15, -0.1) is 0 Å². The molecule has 1 aromatic carbocycles. The van der Waals surface area contributed by atoms with Gasteiger partial charge < -0.3 is 9.64 Å². The van der Waals surface area contributed by atoms with Crippen molar-refractivity contribution in [3.63, 3.8) is 0 Å². The third kappa shape index (κ3) is 2.77. The predicted molar refractivity (Wildman–Crippen MR) is 87.9 cm³/mol. The van der Waals surface area contributed by atoms with Crippen LogP contribution in [0.3, 0.4) is 0 Å². The van der Waals surface area contributed by atoms with Crippen LogP contribution in [0.2, 0.25) is 0 Å². The minimum atomic E-state index is 0.215. The van der Waals surface area contributed by atoms with Crippen molar-refractivity contribution in [3.8, 4) is 6.07 Å². The van der Waals surface area contributed by atoms with Crippen LogP contribution in [0.4, 0.5) is 5.69 Å². The normalized spacial score (nSPS) is 21.8. The summed E-state index contributed by atoms with van der Waals surface area (Å²) in [5.41, 5.74) is 2.57. The molecule has 4 heteroatoms. The summed E-state index contributed by atoms with van der Waals surface area (Å²) in [7, 11) is 0. The third-order valence-corrected chi connectivity index (χ3v) is 4.14. The smallest absolute Gasteiger partial charge is 0.101 e. The van der Waals surface area contributed by atoms with Crippen LogP contribution in [0, 0.1) is 11.3 Å². The zero-order valence-electron chi connectivity index (χ0n) is 13.1. The number of hydrogen-bond donors (Lipinski definition) is 0. The molecule has 2 aromatic rings. The highest BCUT2D eigenvalue weighted by molar-refractivity contribution is 5.95. The Bertz CT molecular complexity index is 707. The van der Waals surface area contributed by atoms with Gasteiger partial charge in [0.05, 0.1) is 23.3 Å². The summed E-state index contributed by atoms with van der Waals surface area (Å²) in [4.78, 5) is 6.78. The Morgan fingerprint density at radius 2 is 2.23 bits per heavy atom. The third-order valence-electron chi connectivity index (χ3n) is 4.14. The van der Waals surface area contributed by atoms with Crippen LogP contribution in [0.1, 0.15) is 32.3 Å². The number of anilines is 1. The molecular weight excluding hydrogens is 274 g/mol. The van der Waals surface area contributed by atoms with E-state index in [1.807, 2.05) is 24.3 Å². The molecule has 1 aliphatic heterocycles. The van der Waals surface area contributed by atoms with Crippen LogP contribution in [0.25, 0.3) is 10.9 Å². The topological polar surface area (TPSA) is 49.2 Å². The van der Waals surface area contributed by atoms with Crippen LogP contribution in [0.5, 0.6) is 0 Å². The van der Waals surface area contributed by atoms with E-state index in [4.69, 9.17) is 4.74 Å². The van der Waals surface area contributed by atoms with E-state index in [0.29, 0.717) is 5.56 Å². The molecule has 4 nitrogen and oxygen atoms in total. The Morgan fingerprint density at radius 3 is 3.00 bits per heavy atom. The molecule has 3 rings (SSSR count). The van der Waals surface area contributed by atoms with Gasteiger partial charge in [0, 0.05) is 30.4 Å². The van der Waals surface area contributed by atoms with Gasteiger partial charge in [0.2, 0.25) is 0 Å². The Kier molecular flexibility index (Phi) is 4.26. The first-order chi connectivity index (χ1) is 10.7. The molecule has 0 amide bonds. The van der Waals surface area contributed by atoms with E-state index in [0.717, 1.165) is 42.5 Å². The highest BCUT2D eigenvalue weighted by Gasteiger charge is 2.26. The first-order valence-corrected chi connectivity index (χ1v) is 7.91. The Balaban J connectivity index is 2.01. The molecule has 2 atom stereocenters. The summed E-state index contributed by atoms with van der Waals surface area (Å²) < 4.78 is 6.03. The number of rotatable bonds is 3.